The van der Waals surface area contributed by atoms with Crippen molar-refractivity contribution in [1.82, 2.24) is 34.6 Å². The number of furan rings is 4. The van der Waals surface area contributed by atoms with Crippen molar-refractivity contribution in [2.24, 2.45) is 9.98 Å². The summed E-state index contributed by atoms with van der Waals surface area (Å²) in [6.07, 6.45) is 23.3. The van der Waals surface area contributed by atoms with Gasteiger partial charge in [-0.3, -0.25) is 9.98 Å². The average molecular weight is 1820 g/mol. The molecule has 3 aliphatic rings. The molecule has 0 aliphatic carbocycles. The van der Waals surface area contributed by atoms with Crippen LogP contribution in [0.2, 0.25) is 0 Å². The van der Waals surface area contributed by atoms with Crippen LogP contribution in [-0.2, 0) is 57.9 Å². The maximum atomic E-state index is 15.0. The number of imidazole rings is 2. The maximum Gasteiger partial charge on any atom is 0.140 e. The molecule has 3 aliphatic heterocycles. The zero-order valence-electron chi connectivity index (χ0n) is 65.1. The number of benzene rings is 9. The van der Waals surface area contributed by atoms with E-state index >= 15 is 0 Å². The van der Waals surface area contributed by atoms with Crippen LogP contribution in [0.25, 0.3) is 77.8 Å². The van der Waals surface area contributed by atoms with Crippen LogP contribution < -0.4 is 10.6 Å². The molecule has 0 bridgehead atoms. The van der Waals surface area contributed by atoms with E-state index in [9.17, 15) is 17.6 Å². The average Bonchev–Trinajstić information content (AvgIpc) is 1.62. The zero-order valence-corrected chi connectivity index (χ0v) is 71.4. The zero-order chi connectivity index (χ0) is 80.3. The van der Waals surface area contributed by atoms with Gasteiger partial charge in [-0.25, -0.2) is 27.5 Å². The Kier molecular flexibility index (Phi) is 26.3. The SMILES string of the molecule is CC(C)c1coc2c(CCc3c(F)cccc3C3=NCCN3)cc(Br)cc12.CC(C)n1ccnc1-c1cccc(F)c1CCc1cc(Br)cc2ccoc12.Fc1cccc(-c2nccn2CCCN2CCCC2)c1CCc1cc(Br)cc2ccoc12.Fc1cccc(C2=NCCN2)c1CCc1cc(Br)cc2c(-c3ccccc3)coc12. The Morgan fingerprint density at radius 2 is 0.879 bits per heavy atom. The molecule has 1 fully saturated rings. The first kappa shape index (κ1) is 81.3. The molecule has 1 saturated heterocycles. The fraction of sp³-hybridized carbons (Fsp3) is 0.263. The highest BCUT2D eigenvalue weighted by Gasteiger charge is 2.24. The van der Waals surface area contributed by atoms with Gasteiger partial charge in [-0.1, -0.05) is 156 Å². The molecule has 15 aromatic rings. The molecule has 0 unspecified atom stereocenters. The number of fused-ring (bicyclic) bond motifs is 4. The highest BCUT2D eigenvalue weighted by molar-refractivity contribution is 9.11. The first-order valence-corrected chi connectivity index (χ1v) is 42.9. The molecule has 0 spiro atoms. The Bertz CT molecular complexity index is 6030. The molecule has 18 rings (SSSR count). The van der Waals surface area contributed by atoms with Gasteiger partial charge in [-0.05, 0) is 245 Å². The first-order chi connectivity index (χ1) is 56.5. The van der Waals surface area contributed by atoms with Gasteiger partial charge in [-0.15, -0.1) is 0 Å². The number of aromatic nitrogens is 4. The van der Waals surface area contributed by atoms with Crippen molar-refractivity contribution in [1.29, 1.82) is 0 Å². The van der Waals surface area contributed by atoms with Crippen LogP contribution in [-0.4, -0.2) is 81.5 Å². The second-order valence-electron chi connectivity index (χ2n) is 30.0. The molecule has 0 saturated carbocycles. The van der Waals surface area contributed by atoms with Gasteiger partial charge >= 0.3 is 0 Å². The minimum Gasteiger partial charge on any atom is -0.464 e. The predicted octanol–water partition coefficient (Wildman–Crippen LogP) is 24.8. The Morgan fingerprint density at radius 3 is 1.38 bits per heavy atom. The van der Waals surface area contributed by atoms with Crippen LogP contribution >= 0.6 is 63.7 Å². The summed E-state index contributed by atoms with van der Waals surface area (Å²) < 4.78 is 90.5. The van der Waals surface area contributed by atoms with Gasteiger partial charge in [0.2, 0.25) is 0 Å². The van der Waals surface area contributed by atoms with Crippen LogP contribution in [0.1, 0.15) is 120 Å². The van der Waals surface area contributed by atoms with E-state index in [4.69, 9.17) is 17.7 Å². The summed E-state index contributed by atoms with van der Waals surface area (Å²) in [4.78, 5) is 20.6. The monoisotopic (exact) mass is 1810 g/mol. The molecule has 6 aromatic heterocycles. The third-order valence-corrected chi connectivity index (χ3v) is 23.6. The van der Waals surface area contributed by atoms with Crippen molar-refractivity contribution in [3.63, 3.8) is 0 Å². The first-order valence-electron chi connectivity index (χ1n) is 39.7. The molecule has 21 heteroatoms. The van der Waals surface area contributed by atoms with E-state index in [1.54, 1.807) is 49.1 Å². The van der Waals surface area contributed by atoms with Gasteiger partial charge in [0.05, 0.1) is 38.1 Å². The summed E-state index contributed by atoms with van der Waals surface area (Å²) >= 11 is 14.4. The van der Waals surface area contributed by atoms with E-state index in [2.05, 4.69) is 178 Å². The lowest BCUT2D eigenvalue weighted by Gasteiger charge is -2.16. The number of hydrogen-bond acceptors (Lipinski definition) is 11. The lowest BCUT2D eigenvalue weighted by molar-refractivity contribution is 0.325. The topological polar surface area (TPSA) is 140 Å². The van der Waals surface area contributed by atoms with Crippen molar-refractivity contribution in [3.8, 4) is 33.9 Å². The fourth-order valence-electron chi connectivity index (χ4n) is 16.1. The number of aliphatic imine (C=N–C) groups is 2. The Morgan fingerprint density at radius 1 is 0.431 bits per heavy atom. The van der Waals surface area contributed by atoms with Gasteiger partial charge in [0.15, 0.2) is 0 Å². The molecular weight excluding hydrogens is 1730 g/mol. The number of rotatable bonds is 23. The van der Waals surface area contributed by atoms with Gasteiger partial charge in [-0.2, -0.15) is 0 Å². The number of halogens is 8. The number of nitrogens with one attached hydrogen (secondary N) is 2. The summed E-state index contributed by atoms with van der Waals surface area (Å²) in [5.41, 5.74) is 17.3. The molecule has 13 nitrogen and oxygen atoms in total. The van der Waals surface area contributed by atoms with Crippen molar-refractivity contribution in [2.45, 2.75) is 117 Å². The minimum atomic E-state index is -0.198. The van der Waals surface area contributed by atoms with Crippen molar-refractivity contribution in [2.75, 3.05) is 45.8 Å². The highest BCUT2D eigenvalue weighted by atomic mass is 79.9. The molecule has 0 atom stereocenters. The third kappa shape index (κ3) is 18.7. The summed E-state index contributed by atoms with van der Waals surface area (Å²) in [5.74, 6) is 2.86. The second kappa shape index (κ2) is 37.6. The molecule has 116 heavy (non-hydrogen) atoms. The Balaban J connectivity index is 0.000000122. The summed E-state index contributed by atoms with van der Waals surface area (Å²) in [6, 6.07) is 51.8. The molecule has 0 radical (unpaired) electrons. The molecule has 0 amide bonds. The van der Waals surface area contributed by atoms with Crippen molar-refractivity contribution < 1.29 is 35.2 Å². The van der Waals surface area contributed by atoms with E-state index < -0.39 is 0 Å². The predicted molar refractivity (Wildman–Crippen MR) is 472 cm³/mol. The van der Waals surface area contributed by atoms with Gasteiger partial charge < -0.3 is 42.3 Å². The molecule has 2 N–H and O–H groups in total. The van der Waals surface area contributed by atoms with Crippen LogP contribution in [0.4, 0.5) is 17.6 Å². The van der Waals surface area contributed by atoms with Crippen LogP contribution in [0.3, 0.4) is 0 Å². The second-order valence-corrected chi connectivity index (χ2v) is 33.7. The van der Waals surface area contributed by atoms with Gasteiger partial charge in [0.25, 0.3) is 0 Å². The largest absolute Gasteiger partial charge is 0.464 e. The molecule has 9 aromatic carbocycles. The molecular formula is C95H89Br4F4N9O4. The number of aryl methyl sites for hydroxylation is 5. The van der Waals surface area contributed by atoms with Gasteiger partial charge in [0, 0.05) is 123 Å². The summed E-state index contributed by atoms with van der Waals surface area (Å²) in [5, 5.41) is 10.8. The molecule has 9 heterocycles. The summed E-state index contributed by atoms with van der Waals surface area (Å²) in [6.45, 7) is 16.0. The maximum absolute atomic E-state index is 15.0. The van der Waals surface area contributed by atoms with Crippen LogP contribution in [0.5, 0.6) is 0 Å². The van der Waals surface area contributed by atoms with E-state index in [-0.39, 0.29) is 29.3 Å². The smallest absolute Gasteiger partial charge is 0.140 e. The summed E-state index contributed by atoms with van der Waals surface area (Å²) in [7, 11) is 0. The number of amidine groups is 2. The highest BCUT2D eigenvalue weighted by Crippen LogP contribution is 2.39. The lowest BCUT2D eigenvalue weighted by atomic mass is 9.96. The van der Waals surface area contributed by atoms with Gasteiger partial charge in [0.1, 0.15) is 68.9 Å². The van der Waals surface area contributed by atoms with Crippen LogP contribution in [0, 0.1) is 23.3 Å². The third-order valence-electron chi connectivity index (χ3n) is 21.8. The standard InChI is InChI=1S/C26H27BrFN3O.C25H20BrFN2O.C22H20BrFN2O.C22H22BrFN2O/c27-21-17-19(25-20(18-21)9-16-32-25)7-8-22-23(5-3-6-24(22)28)26-29-10-15-31(26)14-4-13-30-11-1-2-12-30;26-18-13-17(24-21(14-18)22(15-30-24)16-5-2-1-3-6-16)9-10-19-20(7-4-8-23(19)27)25-28-11-12-29-25;1-14(2)26-10-9-25-22(26)19-4-3-5-20(24)18(19)7-6-15-12-17(23)13-16-8-11-27-21(15)16;1-13(2)19-12-27-21-14(10-15(23)11-18(19)21)6-7-16-17(4-3-5-20(16)24)22-25-8-9-26-22/h3,5-6,9-10,15-18H,1-2,4,7-8,11-14H2;1-8,13-15H,9-12H2,(H,28,29);3-5,8-14H,6-7H2,1-2H3;3-5,10-13H,6-9H2,1-2H3,(H,25,26). The normalized spacial score (nSPS) is 13.5. The minimum absolute atomic E-state index is 0.181. The number of likely N-dealkylation sites (tertiary alicyclic amines) is 1. The molecule has 594 valence electrons. The number of nitrogens with zero attached hydrogens (tertiary/aromatic N) is 7. The fourth-order valence-corrected chi connectivity index (χ4v) is 18.1. The number of hydrogen-bond donors (Lipinski definition) is 2. The van der Waals surface area contributed by atoms with E-state index in [0.29, 0.717) is 79.5 Å². The van der Waals surface area contributed by atoms with E-state index in [1.165, 1.54) is 49.7 Å². The van der Waals surface area contributed by atoms with E-state index in [1.807, 2.05) is 104 Å². The van der Waals surface area contributed by atoms with Crippen molar-refractivity contribution in [3.05, 3.63) is 316 Å². The Labute approximate surface area is 706 Å². The van der Waals surface area contributed by atoms with Crippen molar-refractivity contribution >= 4 is 119 Å². The van der Waals surface area contributed by atoms with E-state index in [0.717, 1.165) is 186 Å². The quantitative estimate of drug-likeness (QED) is 0.0599. The Hall–Kier alpha value is -9.90. The van der Waals surface area contributed by atoms with Crippen LogP contribution in [0.15, 0.2) is 259 Å². The lowest BCUT2D eigenvalue weighted by Crippen LogP contribution is -2.21.